The molecule has 1 aromatic rings. The number of carbonyl (C=O) groups is 1. The Hall–Kier alpha value is -1.75. The number of alkyl halides is 3. The molecular weight excluding hydrogens is 319 g/mol. The molecule has 0 spiro atoms. The Morgan fingerprint density at radius 1 is 1.44 bits per heavy atom. The number of hydrogen-bond acceptors (Lipinski definition) is 4. The molecular formula is C10H5BrF3NO3. The highest BCUT2D eigenvalue weighted by molar-refractivity contribution is 9.10. The number of nitrogens with zero attached hydrogens (tertiary/aromatic N) is 1. The summed E-state index contributed by atoms with van der Waals surface area (Å²) in [5, 5.41) is 8.75. The van der Waals surface area contributed by atoms with Crippen molar-refractivity contribution in [2.24, 2.45) is 0 Å². The first-order valence-electron chi connectivity index (χ1n) is 4.36. The number of methoxy groups -OCH3 is 1. The molecule has 18 heavy (non-hydrogen) atoms. The molecule has 0 bridgehead atoms. The SMILES string of the molecule is COC(=O)c1cc(C#N)c(Br)c(OC(F)(F)F)c1. The number of rotatable bonds is 2. The topological polar surface area (TPSA) is 59.3 Å². The number of ether oxygens (including phenoxy) is 2. The van der Waals surface area contributed by atoms with E-state index in [0.717, 1.165) is 19.2 Å². The lowest BCUT2D eigenvalue weighted by molar-refractivity contribution is -0.274. The van der Waals surface area contributed by atoms with Gasteiger partial charge in [0, 0.05) is 0 Å². The largest absolute Gasteiger partial charge is 0.573 e. The second-order valence-corrected chi connectivity index (χ2v) is 3.78. The molecule has 0 unspecified atom stereocenters. The van der Waals surface area contributed by atoms with Crippen molar-refractivity contribution in [3.8, 4) is 11.8 Å². The minimum absolute atomic E-state index is 0.169. The van der Waals surface area contributed by atoms with Crippen LogP contribution in [0.5, 0.6) is 5.75 Å². The molecule has 0 saturated heterocycles. The average molecular weight is 324 g/mol. The van der Waals surface area contributed by atoms with Gasteiger partial charge in [0.25, 0.3) is 0 Å². The van der Waals surface area contributed by atoms with E-state index in [0.29, 0.717) is 0 Å². The number of carbonyl (C=O) groups excluding carboxylic acids is 1. The van der Waals surface area contributed by atoms with Gasteiger partial charge in [-0.1, -0.05) is 0 Å². The van der Waals surface area contributed by atoms with Gasteiger partial charge in [-0.2, -0.15) is 5.26 Å². The summed E-state index contributed by atoms with van der Waals surface area (Å²) < 4.78 is 44.3. The zero-order chi connectivity index (χ0) is 13.9. The fourth-order valence-electron chi connectivity index (χ4n) is 1.11. The third kappa shape index (κ3) is 3.37. The quantitative estimate of drug-likeness (QED) is 0.785. The smallest absolute Gasteiger partial charge is 0.465 e. The number of esters is 1. The van der Waals surface area contributed by atoms with Crippen LogP contribution in [0.15, 0.2) is 16.6 Å². The molecule has 0 fully saturated rings. The molecule has 0 aromatic heterocycles. The van der Waals surface area contributed by atoms with Gasteiger partial charge >= 0.3 is 12.3 Å². The third-order valence-electron chi connectivity index (χ3n) is 1.81. The van der Waals surface area contributed by atoms with Crippen molar-refractivity contribution in [2.75, 3.05) is 7.11 Å². The van der Waals surface area contributed by atoms with Gasteiger partial charge in [0.15, 0.2) is 0 Å². The Balaban J connectivity index is 3.33. The van der Waals surface area contributed by atoms with E-state index in [1.807, 2.05) is 0 Å². The second kappa shape index (κ2) is 5.27. The van der Waals surface area contributed by atoms with Gasteiger partial charge in [-0.3, -0.25) is 0 Å². The van der Waals surface area contributed by atoms with Crippen molar-refractivity contribution in [1.29, 1.82) is 5.26 Å². The standard InChI is InChI=1S/C10H5BrF3NO3/c1-17-9(16)5-2-6(4-15)8(11)7(3-5)18-10(12,13)14/h2-3H,1H3. The molecule has 96 valence electrons. The molecule has 0 radical (unpaired) electrons. The molecule has 0 aliphatic rings. The predicted octanol–water partition coefficient (Wildman–Crippen LogP) is 3.01. The highest BCUT2D eigenvalue weighted by atomic mass is 79.9. The molecule has 1 rings (SSSR count). The minimum Gasteiger partial charge on any atom is -0.465 e. The summed E-state index contributed by atoms with van der Waals surface area (Å²) in [7, 11) is 1.07. The maximum atomic E-state index is 12.1. The van der Waals surface area contributed by atoms with Crippen LogP contribution in [0.1, 0.15) is 15.9 Å². The van der Waals surface area contributed by atoms with E-state index < -0.39 is 18.1 Å². The number of halogens is 4. The van der Waals surface area contributed by atoms with Crippen molar-refractivity contribution < 1.29 is 27.4 Å². The van der Waals surface area contributed by atoms with Crippen LogP contribution < -0.4 is 4.74 Å². The fraction of sp³-hybridized carbons (Fsp3) is 0.200. The third-order valence-corrected chi connectivity index (χ3v) is 2.62. The lowest BCUT2D eigenvalue weighted by atomic mass is 10.1. The van der Waals surface area contributed by atoms with E-state index in [4.69, 9.17) is 5.26 Å². The Morgan fingerprint density at radius 2 is 2.06 bits per heavy atom. The van der Waals surface area contributed by atoms with Crippen molar-refractivity contribution in [2.45, 2.75) is 6.36 Å². The van der Waals surface area contributed by atoms with Crippen molar-refractivity contribution in [3.05, 3.63) is 27.7 Å². The van der Waals surface area contributed by atoms with Gasteiger partial charge in [-0.05, 0) is 28.1 Å². The fourth-order valence-corrected chi connectivity index (χ4v) is 1.51. The molecule has 1 aromatic carbocycles. The van der Waals surface area contributed by atoms with Gasteiger partial charge in [-0.15, -0.1) is 13.2 Å². The summed E-state index contributed by atoms with van der Waals surface area (Å²) in [6.07, 6.45) is -4.93. The molecule has 0 saturated carbocycles. The molecule has 0 heterocycles. The van der Waals surface area contributed by atoms with Crippen LogP contribution in [0.25, 0.3) is 0 Å². The Morgan fingerprint density at radius 3 is 2.50 bits per heavy atom. The molecule has 0 amide bonds. The van der Waals surface area contributed by atoms with Gasteiger partial charge in [0.1, 0.15) is 11.8 Å². The van der Waals surface area contributed by atoms with Crippen molar-refractivity contribution in [1.82, 2.24) is 0 Å². The van der Waals surface area contributed by atoms with Crippen molar-refractivity contribution in [3.63, 3.8) is 0 Å². The summed E-state index contributed by atoms with van der Waals surface area (Å²) in [6.45, 7) is 0. The zero-order valence-corrected chi connectivity index (χ0v) is 10.4. The normalized spacial score (nSPS) is 10.7. The first-order chi connectivity index (χ1) is 8.28. The van der Waals surface area contributed by atoms with E-state index in [-0.39, 0.29) is 15.6 Å². The number of nitriles is 1. The predicted molar refractivity (Wildman–Crippen MR) is 56.9 cm³/mol. The molecule has 4 nitrogen and oxygen atoms in total. The molecule has 0 atom stereocenters. The molecule has 0 aliphatic carbocycles. The van der Waals surface area contributed by atoms with Crippen LogP contribution in [0.2, 0.25) is 0 Å². The summed E-state index contributed by atoms with van der Waals surface area (Å²) in [5.41, 5.74) is -0.381. The first kappa shape index (κ1) is 14.3. The summed E-state index contributed by atoms with van der Waals surface area (Å²) in [5.74, 6) is -1.55. The molecule has 0 N–H and O–H groups in total. The zero-order valence-electron chi connectivity index (χ0n) is 8.84. The molecule has 8 heteroatoms. The number of hydrogen-bond donors (Lipinski definition) is 0. The second-order valence-electron chi connectivity index (χ2n) is 2.99. The van der Waals surface area contributed by atoms with Crippen LogP contribution in [0, 0.1) is 11.3 Å². The van der Waals surface area contributed by atoms with Gasteiger partial charge < -0.3 is 9.47 Å². The maximum absolute atomic E-state index is 12.1. The van der Waals surface area contributed by atoms with Crippen LogP contribution in [-0.2, 0) is 4.74 Å². The monoisotopic (exact) mass is 323 g/mol. The Kier molecular flexibility index (Phi) is 4.19. The van der Waals surface area contributed by atoms with E-state index in [1.54, 1.807) is 6.07 Å². The maximum Gasteiger partial charge on any atom is 0.573 e. The Bertz CT molecular complexity index is 522. The van der Waals surface area contributed by atoms with Gasteiger partial charge in [0.2, 0.25) is 0 Å². The van der Waals surface area contributed by atoms with Gasteiger partial charge in [0.05, 0.1) is 22.7 Å². The van der Waals surface area contributed by atoms with Crippen LogP contribution in [0.3, 0.4) is 0 Å². The lowest BCUT2D eigenvalue weighted by Crippen LogP contribution is -2.18. The van der Waals surface area contributed by atoms with E-state index in [9.17, 15) is 18.0 Å². The Labute approximate surface area is 108 Å². The summed E-state index contributed by atoms with van der Waals surface area (Å²) in [6, 6.07) is 3.57. The van der Waals surface area contributed by atoms with E-state index in [1.165, 1.54) is 0 Å². The summed E-state index contributed by atoms with van der Waals surface area (Å²) in [4.78, 5) is 11.2. The number of benzene rings is 1. The van der Waals surface area contributed by atoms with E-state index in [2.05, 4.69) is 25.4 Å². The van der Waals surface area contributed by atoms with E-state index >= 15 is 0 Å². The lowest BCUT2D eigenvalue weighted by Gasteiger charge is -2.12. The van der Waals surface area contributed by atoms with Crippen LogP contribution in [-0.4, -0.2) is 19.4 Å². The van der Waals surface area contributed by atoms with Crippen molar-refractivity contribution >= 4 is 21.9 Å². The van der Waals surface area contributed by atoms with Gasteiger partial charge in [-0.25, -0.2) is 4.79 Å². The highest BCUT2D eigenvalue weighted by Crippen LogP contribution is 2.34. The first-order valence-corrected chi connectivity index (χ1v) is 5.15. The van der Waals surface area contributed by atoms with Crippen LogP contribution >= 0.6 is 15.9 Å². The average Bonchev–Trinajstić information content (AvgIpc) is 2.29. The molecule has 0 aliphatic heterocycles. The minimum atomic E-state index is -4.93. The van der Waals surface area contributed by atoms with Crippen LogP contribution in [0.4, 0.5) is 13.2 Å². The highest BCUT2D eigenvalue weighted by Gasteiger charge is 2.33. The summed E-state index contributed by atoms with van der Waals surface area (Å²) >= 11 is 2.80.